The number of aromatic nitrogens is 1. The van der Waals surface area contributed by atoms with Crippen LogP contribution in [0.4, 0.5) is 0 Å². The largest absolute Gasteiger partial charge is 0.496 e. The molecule has 1 heterocycles. The number of aryl methyl sites for hydroxylation is 1. The Morgan fingerprint density at radius 2 is 2.06 bits per heavy atom. The number of rotatable bonds is 4. The van der Waals surface area contributed by atoms with E-state index in [9.17, 15) is 0 Å². The lowest BCUT2D eigenvalue weighted by Gasteiger charge is -2.11. The molecule has 4 heteroatoms. The van der Waals surface area contributed by atoms with Crippen LogP contribution in [0.3, 0.4) is 0 Å². The molecular formula is C14H14ClNO2. The third-order valence-corrected chi connectivity index (χ3v) is 2.83. The van der Waals surface area contributed by atoms with Gasteiger partial charge in [0.2, 0.25) is 0 Å². The summed E-state index contributed by atoms with van der Waals surface area (Å²) in [7, 11) is 1.64. The van der Waals surface area contributed by atoms with Gasteiger partial charge in [0.15, 0.2) is 10.9 Å². The van der Waals surface area contributed by atoms with E-state index < -0.39 is 0 Å². The quantitative estimate of drug-likeness (QED) is 0.790. The summed E-state index contributed by atoms with van der Waals surface area (Å²) in [5.74, 6) is 1.38. The number of methoxy groups -OCH3 is 1. The molecule has 1 aromatic heterocycles. The summed E-state index contributed by atoms with van der Waals surface area (Å²) in [6, 6.07) is 9.54. The number of halogens is 1. The van der Waals surface area contributed by atoms with E-state index in [0.29, 0.717) is 17.5 Å². The van der Waals surface area contributed by atoms with Crippen molar-refractivity contribution in [1.29, 1.82) is 0 Å². The Kier molecular flexibility index (Phi) is 4.05. The average Bonchev–Trinajstić information content (AvgIpc) is 2.38. The number of hydrogen-bond donors (Lipinski definition) is 0. The topological polar surface area (TPSA) is 31.4 Å². The van der Waals surface area contributed by atoms with Gasteiger partial charge in [0.1, 0.15) is 12.4 Å². The van der Waals surface area contributed by atoms with Crippen LogP contribution in [0, 0.1) is 6.92 Å². The van der Waals surface area contributed by atoms with E-state index in [4.69, 9.17) is 21.1 Å². The van der Waals surface area contributed by atoms with E-state index in [1.54, 1.807) is 25.4 Å². The second-order valence-corrected chi connectivity index (χ2v) is 4.25. The molecule has 3 nitrogen and oxygen atoms in total. The van der Waals surface area contributed by atoms with Crippen LogP contribution in [-0.2, 0) is 6.61 Å². The molecule has 18 heavy (non-hydrogen) atoms. The maximum Gasteiger partial charge on any atom is 0.171 e. The fraction of sp³-hybridized carbons (Fsp3) is 0.214. The standard InChI is InChI=1S/C14H14ClNO2/c1-10-5-6-12(17-2)11(8-10)9-18-13-4-3-7-16-14(13)15/h3-8H,9H2,1-2H3. The zero-order valence-corrected chi connectivity index (χ0v) is 11.1. The van der Waals surface area contributed by atoms with Crippen molar-refractivity contribution in [2.75, 3.05) is 7.11 Å². The predicted molar refractivity (Wildman–Crippen MR) is 71.3 cm³/mol. The van der Waals surface area contributed by atoms with Crippen LogP contribution in [0.15, 0.2) is 36.5 Å². The molecule has 0 radical (unpaired) electrons. The molecule has 0 aliphatic heterocycles. The fourth-order valence-electron chi connectivity index (χ4n) is 1.65. The Morgan fingerprint density at radius 1 is 1.22 bits per heavy atom. The van der Waals surface area contributed by atoms with Crippen LogP contribution in [0.1, 0.15) is 11.1 Å². The van der Waals surface area contributed by atoms with Crippen LogP contribution in [-0.4, -0.2) is 12.1 Å². The summed E-state index contributed by atoms with van der Waals surface area (Å²) < 4.78 is 10.9. The van der Waals surface area contributed by atoms with Gasteiger partial charge < -0.3 is 9.47 Å². The minimum absolute atomic E-state index is 0.365. The summed E-state index contributed by atoms with van der Waals surface area (Å²) in [4.78, 5) is 3.96. The van der Waals surface area contributed by atoms with Crippen molar-refractivity contribution >= 4 is 11.6 Å². The first-order chi connectivity index (χ1) is 8.70. The Hall–Kier alpha value is -1.74. The maximum atomic E-state index is 5.93. The summed E-state index contributed by atoms with van der Waals surface area (Å²) in [6.45, 7) is 2.43. The first kappa shape index (κ1) is 12.7. The van der Waals surface area contributed by atoms with Gasteiger partial charge in [-0.25, -0.2) is 4.98 Å². The van der Waals surface area contributed by atoms with E-state index in [-0.39, 0.29) is 0 Å². The maximum absolute atomic E-state index is 5.93. The van der Waals surface area contributed by atoms with Crippen molar-refractivity contribution in [3.05, 3.63) is 52.8 Å². The Morgan fingerprint density at radius 3 is 2.78 bits per heavy atom. The van der Waals surface area contributed by atoms with Crippen LogP contribution in [0.25, 0.3) is 0 Å². The highest BCUT2D eigenvalue weighted by Crippen LogP contribution is 2.25. The predicted octanol–water partition coefficient (Wildman–Crippen LogP) is 3.63. The molecule has 0 fully saturated rings. The number of benzene rings is 1. The SMILES string of the molecule is COc1ccc(C)cc1COc1cccnc1Cl. The smallest absolute Gasteiger partial charge is 0.171 e. The van der Waals surface area contributed by atoms with Gasteiger partial charge in [-0.15, -0.1) is 0 Å². The number of nitrogens with zero attached hydrogens (tertiary/aromatic N) is 1. The molecular weight excluding hydrogens is 250 g/mol. The molecule has 0 amide bonds. The molecule has 0 N–H and O–H groups in total. The van der Waals surface area contributed by atoms with Gasteiger partial charge >= 0.3 is 0 Å². The van der Waals surface area contributed by atoms with Crippen molar-refractivity contribution in [1.82, 2.24) is 4.98 Å². The first-order valence-corrected chi connectivity index (χ1v) is 5.95. The highest BCUT2D eigenvalue weighted by molar-refractivity contribution is 6.30. The van der Waals surface area contributed by atoms with Crippen molar-refractivity contribution in [2.45, 2.75) is 13.5 Å². The molecule has 94 valence electrons. The fourth-order valence-corrected chi connectivity index (χ4v) is 1.83. The monoisotopic (exact) mass is 263 g/mol. The van der Waals surface area contributed by atoms with E-state index in [2.05, 4.69) is 4.98 Å². The van der Waals surface area contributed by atoms with E-state index >= 15 is 0 Å². The van der Waals surface area contributed by atoms with Crippen LogP contribution in [0.2, 0.25) is 5.15 Å². The van der Waals surface area contributed by atoms with Gasteiger partial charge in [-0.3, -0.25) is 0 Å². The van der Waals surface area contributed by atoms with Gasteiger partial charge in [-0.2, -0.15) is 0 Å². The lowest BCUT2D eigenvalue weighted by Crippen LogP contribution is -2.00. The average molecular weight is 264 g/mol. The van der Waals surface area contributed by atoms with Crippen LogP contribution in [0.5, 0.6) is 11.5 Å². The van der Waals surface area contributed by atoms with E-state index in [1.165, 1.54) is 0 Å². The zero-order chi connectivity index (χ0) is 13.0. The molecule has 0 aliphatic rings. The van der Waals surface area contributed by atoms with E-state index in [0.717, 1.165) is 16.9 Å². The third kappa shape index (κ3) is 2.93. The summed E-state index contributed by atoms with van der Waals surface area (Å²) in [5, 5.41) is 0.365. The van der Waals surface area contributed by atoms with Crippen LogP contribution >= 0.6 is 11.6 Å². The molecule has 2 aromatic rings. The second-order valence-electron chi connectivity index (χ2n) is 3.90. The van der Waals surface area contributed by atoms with Gasteiger partial charge in [-0.05, 0) is 31.2 Å². The molecule has 0 saturated heterocycles. The molecule has 0 aliphatic carbocycles. The summed E-state index contributed by atoms with van der Waals surface area (Å²) >= 11 is 5.93. The van der Waals surface area contributed by atoms with Gasteiger partial charge in [0, 0.05) is 11.8 Å². The van der Waals surface area contributed by atoms with Gasteiger partial charge in [-0.1, -0.05) is 23.2 Å². The van der Waals surface area contributed by atoms with Gasteiger partial charge in [0.25, 0.3) is 0 Å². The van der Waals surface area contributed by atoms with Crippen molar-refractivity contribution in [3.8, 4) is 11.5 Å². The number of ether oxygens (including phenoxy) is 2. The Labute approximate surface area is 111 Å². The first-order valence-electron chi connectivity index (χ1n) is 5.57. The molecule has 0 spiro atoms. The van der Waals surface area contributed by atoms with Gasteiger partial charge in [0.05, 0.1) is 7.11 Å². The number of pyridine rings is 1. The highest BCUT2D eigenvalue weighted by Gasteiger charge is 2.06. The van der Waals surface area contributed by atoms with E-state index in [1.807, 2.05) is 25.1 Å². The lowest BCUT2D eigenvalue weighted by molar-refractivity contribution is 0.295. The van der Waals surface area contributed by atoms with Crippen molar-refractivity contribution < 1.29 is 9.47 Å². The Balaban J connectivity index is 2.15. The minimum Gasteiger partial charge on any atom is -0.496 e. The second kappa shape index (κ2) is 5.74. The zero-order valence-electron chi connectivity index (χ0n) is 10.3. The summed E-state index contributed by atoms with van der Waals surface area (Å²) in [5.41, 5.74) is 2.14. The molecule has 0 unspecified atom stereocenters. The van der Waals surface area contributed by atoms with Crippen molar-refractivity contribution in [2.24, 2.45) is 0 Å². The van der Waals surface area contributed by atoms with Crippen LogP contribution < -0.4 is 9.47 Å². The molecule has 0 saturated carbocycles. The molecule has 0 bridgehead atoms. The molecule has 2 rings (SSSR count). The number of hydrogen-bond acceptors (Lipinski definition) is 3. The normalized spacial score (nSPS) is 10.2. The Bertz CT molecular complexity index is 543. The molecule has 0 atom stereocenters. The highest BCUT2D eigenvalue weighted by atomic mass is 35.5. The summed E-state index contributed by atoms with van der Waals surface area (Å²) in [6.07, 6.45) is 1.63. The molecule has 1 aromatic carbocycles. The lowest BCUT2D eigenvalue weighted by atomic mass is 10.1. The minimum atomic E-state index is 0.365. The third-order valence-electron chi connectivity index (χ3n) is 2.54. The van der Waals surface area contributed by atoms with Crippen molar-refractivity contribution in [3.63, 3.8) is 0 Å².